The molecular formula is C20H21N5O2. The second-order valence-corrected chi connectivity index (χ2v) is 6.67. The van der Waals surface area contributed by atoms with Crippen LogP contribution in [0, 0.1) is 5.92 Å². The molecule has 27 heavy (non-hydrogen) atoms. The van der Waals surface area contributed by atoms with E-state index in [1.807, 2.05) is 41.1 Å². The maximum atomic E-state index is 12.4. The molecule has 1 amide bonds. The third-order valence-electron chi connectivity index (χ3n) is 4.88. The summed E-state index contributed by atoms with van der Waals surface area (Å²) in [6.45, 7) is 1.48. The van der Waals surface area contributed by atoms with E-state index in [0.717, 1.165) is 29.9 Å². The molecule has 138 valence electrons. The Balaban J connectivity index is 1.36. The van der Waals surface area contributed by atoms with Gasteiger partial charge in [0.2, 0.25) is 5.91 Å². The number of fused-ring (bicyclic) bond motifs is 1. The molecule has 0 saturated carbocycles. The Labute approximate surface area is 156 Å². The van der Waals surface area contributed by atoms with Crippen LogP contribution < -0.4 is 10.9 Å². The Hall–Kier alpha value is -3.22. The van der Waals surface area contributed by atoms with Crippen molar-refractivity contribution in [3.63, 3.8) is 0 Å². The lowest BCUT2D eigenvalue weighted by Gasteiger charge is -2.22. The van der Waals surface area contributed by atoms with Crippen LogP contribution in [0.25, 0.3) is 11.3 Å². The van der Waals surface area contributed by atoms with Gasteiger partial charge in [-0.05, 0) is 18.6 Å². The zero-order valence-electron chi connectivity index (χ0n) is 14.9. The molecule has 1 aromatic carbocycles. The van der Waals surface area contributed by atoms with Gasteiger partial charge in [-0.25, -0.2) is 4.68 Å². The van der Waals surface area contributed by atoms with Gasteiger partial charge in [0.05, 0.1) is 12.2 Å². The minimum absolute atomic E-state index is 0.0229. The van der Waals surface area contributed by atoms with Gasteiger partial charge in [0.25, 0.3) is 5.56 Å². The first-order valence-electron chi connectivity index (χ1n) is 9.13. The van der Waals surface area contributed by atoms with E-state index < -0.39 is 0 Å². The molecule has 7 nitrogen and oxygen atoms in total. The first-order chi connectivity index (χ1) is 13.2. The van der Waals surface area contributed by atoms with Crippen LogP contribution in [0.4, 0.5) is 0 Å². The molecule has 3 aromatic rings. The van der Waals surface area contributed by atoms with E-state index in [9.17, 15) is 9.59 Å². The molecule has 0 aliphatic carbocycles. The maximum absolute atomic E-state index is 12.4. The number of amides is 1. The number of aromatic nitrogens is 4. The highest BCUT2D eigenvalue weighted by Crippen LogP contribution is 2.19. The Morgan fingerprint density at radius 1 is 1.15 bits per heavy atom. The van der Waals surface area contributed by atoms with Crippen LogP contribution in [0.15, 0.2) is 59.5 Å². The van der Waals surface area contributed by atoms with Gasteiger partial charge in [0.1, 0.15) is 0 Å². The summed E-state index contributed by atoms with van der Waals surface area (Å²) in [5.41, 5.74) is 2.61. The predicted molar refractivity (Wildman–Crippen MR) is 101 cm³/mol. The summed E-state index contributed by atoms with van der Waals surface area (Å²) in [7, 11) is 0. The number of benzene rings is 1. The normalized spacial score (nSPS) is 15.9. The zero-order chi connectivity index (χ0) is 18.6. The molecule has 1 aliphatic rings. The van der Waals surface area contributed by atoms with Crippen molar-refractivity contribution >= 4 is 5.91 Å². The predicted octanol–water partition coefficient (Wildman–Crippen LogP) is 1.49. The quantitative estimate of drug-likeness (QED) is 0.745. The van der Waals surface area contributed by atoms with Crippen LogP contribution in [-0.4, -0.2) is 32.0 Å². The molecule has 1 unspecified atom stereocenters. The van der Waals surface area contributed by atoms with Crippen LogP contribution >= 0.6 is 0 Å². The van der Waals surface area contributed by atoms with Crippen LogP contribution in [0.2, 0.25) is 0 Å². The highest BCUT2D eigenvalue weighted by Gasteiger charge is 2.24. The van der Waals surface area contributed by atoms with Crippen molar-refractivity contribution in [2.24, 2.45) is 5.92 Å². The molecule has 1 atom stereocenters. The fraction of sp³-hybridized carbons (Fsp3) is 0.300. The molecule has 0 radical (unpaired) electrons. The maximum Gasteiger partial charge on any atom is 0.266 e. The molecular weight excluding hydrogens is 342 g/mol. The van der Waals surface area contributed by atoms with Crippen molar-refractivity contribution in [2.45, 2.75) is 25.9 Å². The van der Waals surface area contributed by atoms with E-state index in [1.165, 1.54) is 10.7 Å². The third kappa shape index (κ3) is 3.81. The van der Waals surface area contributed by atoms with Gasteiger partial charge in [0, 0.05) is 48.9 Å². The lowest BCUT2D eigenvalue weighted by Crippen LogP contribution is -2.38. The van der Waals surface area contributed by atoms with Crippen LogP contribution in [-0.2, 0) is 24.3 Å². The summed E-state index contributed by atoms with van der Waals surface area (Å²) in [5.74, 6) is -0.0238. The number of hydrogen-bond acceptors (Lipinski definition) is 4. The van der Waals surface area contributed by atoms with Crippen molar-refractivity contribution < 1.29 is 4.79 Å². The van der Waals surface area contributed by atoms with E-state index >= 15 is 0 Å². The first kappa shape index (κ1) is 17.2. The smallest absolute Gasteiger partial charge is 0.266 e. The highest BCUT2D eigenvalue weighted by molar-refractivity contribution is 5.79. The van der Waals surface area contributed by atoms with Crippen molar-refractivity contribution in [1.29, 1.82) is 0 Å². The molecule has 0 bridgehead atoms. The summed E-state index contributed by atoms with van der Waals surface area (Å²) >= 11 is 0. The minimum atomic E-state index is -0.175. The number of hydrogen-bond donors (Lipinski definition) is 1. The van der Waals surface area contributed by atoms with Gasteiger partial charge in [-0.2, -0.15) is 10.2 Å². The van der Waals surface area contributed by atoms with Crippen molar-refractivity contribution in [3.8, 4) is 11.3 Å². The van der Waals surface area contributed by atoms with E-state index in [1.54, 1.807) is 12.3 Å². The average Bonchev–Trinajstić information content (AvgIpc) is 3.18. The van der Waals surface area contributed by atoms with Gasteiger partial charge >= 0.3 is 0 Å². The molecule has 0 saturated heterocycles. The largest absolute Gasteiger partial charge is 0.354 e. The summed E-state index contributed by atoms with van der Waals surface area (Å²) in [5, 5.41) is 11.6. The van der Waals surface area contributed by atoms with Gasteiger partial charge in [-0.3, -0.25) is 14.3 Å². The second-order valence-electron chi connectivity index (χ2n) is 6.67. The lowest BCUT2D eigenvalue weighted by atomic mass is 9.95. The van der Waals surface area contributed by atoms with Crippen molar-refractivity contribution in [3.05, 3.63) is 70.8 Å². The van der Waals surface area contributed by atoms with E-state index in [-0.39, 0.29) is 17.4 Å². The molecule has 7 heteroatoms. The SMILES string of the molecule is O=C(NCCn1nc(-c2ccccc2)ccc1=O)C1CCn2nccc2C1. The van der Waals surface area contributed by atoms with Gasteiger partial charge in [-0.1, -0.05) is 30.3 Å². The summed E-state index contributed by atoms with van der Waals surface area (Å²) in [6, 6.07) is 14.9. The summed E-state index contributed by atoms with van der Waals surface area (Å²) < 4.78 is 3.35. The Bertz CT molecular complexity index is 993. The van der Waals surface area contributed by atoms with E-state index in [0.29, 0.717) is 19.5 Å². The van der Waals surface area contributed by atoms with Gasteiger partial charge < -0.3 is 5.32 Å². The Kier molecular flexibility index (Phi) is 4.82. The number of carbonyl (C=O) groups excluding carboxylic acids is 1. The molecule has 0 fully saturated rings. The van der Waals surface area contributed by atoms with Gasteiger partial charge in [-0.15, -0.1) is 0 Å². The second kappa shape index (κ2) is 7.57. The molecule has 2 aromatic heterocycles. The highest BCUT2D eigenvalue weighted by atomic mass is 16.2. The summed E-state index contributed by atoms with van der Waals surface area (Å²) in [4.78, 5) is 24.5. The molecule has 4 rings (SSSR count). The van der Waals surface area contributed by atoms with Crippen LogP contribution in [0.1, 0.15) is 12.1 Å². The fourth-order valence-corrected chi connectivity index (χ4v) is 3.39. The van der Waals surface area contributed by atoms with Crippen molar-refractivity contribution in [2.75, 3.05) is 6.54 Å². The molecule has 1 aliphatic heterocycles. The van der Waals surface area contributed by atoms with Gasteiger partial charge in [0.15, 0.2) is 0 Å². The Morgan fingerprint density at radius 2 is 2.00 bits per heavy atom. The average molecular weight is 363 g/mol. The Morgan fingerprint density at radius 3 is 2.85 bits per heavy atom. The number of nitrogens with one attached hydrogen (secondary N) is 1. The molecule has 1 N–H and O–H groups in total. The molecule has 0 spiro atoms. The van der Waals surface area contributed by atoms with Crippen LogP contribution in [0.5, 0.6) is 0 Å². The lowest BCUT2D eigenvalue weighted by molar-refractivity contribution is -0.125. The number of carbonyl (C=O) groups is 1. The van der Waals surface area contributed by atoms with Crippen LogP contribution in [0.3, 0.4) is 0 Å². The molecule has 3 heterocycles. The first-order valence-corrected chi connectivity index (χ1v) is 9.13. The zero-order valence-corrected chi connectivity index (χ0v) is 14.9. The standard InChI is InChI=1S/C20H21N5O2/c26-19-7-6-18(15-4-2-1-3-5-15)23-25(19)13-11-21-20(27)16-9-12-24-17(14-16)8-10-22-24/h1-8,10,16H,9,11-14H2,(H,21,27). The third-order valence-corrected chi connectivity index (χ3v) is 4.88. The summed E-state index contributed by atoms with van der Waals surface area (Å²) in [6.07, 6.45) is 3.25. The topological polar surface area (TPSA) is 81.8 Å². The number of aryl methyl sites for hydroxylation is 1. The van der Waals surface area contributed by atoms with E-state index in [4.69, 9.17) is 0 Å². The monoisotopic (exact) mass is 363 g/mol. The van der Waals surface area contributed by atoms with E-state index in [2.05, 4.69) is 15.5 Å². The van der Waals surface area contributed by atoms with Crippen molar-refractivity contribution in [1.82, 2.24) is 24.9 Å². The fourth-order valence-electron chi connectivity index (χ4n) is 3.39. The number of rotatable bonds is 5. The number of nitrogens with zero attached hydrogens (tertiary/aromatic N) is 4. The minimum Gasteiger partial charge on any atom is -0.354 e.